The highest BCUT2D eigenvalue weighted by Crippen LogP contribution is 2.21. The molecule has 2 aromatic rings. The Hall–Kier alpha value is -1.84. The van der Waals surface area contributed by atoms with Crippen molar-refractivity contribution in [2.75, 3.05) is 11.9 Å². The summed E-state index contributed by atoms with van der Waals surface area (Å²) in [4.78, 5) is 12.1. The number of hydrogen-bond donors (Lipinski definition) is 2. The first-order valence-electron chi connectivity index (χ1n) is 8.65. The second kappa shape index (κ2) is 9.75. The standard InChI is InChI=1S/C17H24N4O3S2/c1-3-5-9-13(4-2)12-18-26(23,24)17-21-20-16(25-17)19-15(22)14-10-7-6-8-11-14/h6-8,10-11,13,18H,3-5,9,12H2,1-2H3,(H,19,20,22)/t13-/m1/s1. The van der Waals surface area contributed by atoms with Crippen LogP contribution in [0.5, 0.6) is 0 Å². The Morgan fingerprint density at radius 2 is 1.92 bits per heavy atom. The Morgan fingerprint density at radius 3 is 2.58 bits per heavy atom. The van der Waals surface area contributed by atoms with Gasteiger partial charge < -0.3 is 0 Å². The van der Waals surface area contributed by atoms with E-state index < -0.39 is 10.0 Å². The normalized spacial score (nSPS) is 12.7. The molecule has 1 heterocycles. The van der Waals surface area contributed by atoms with Gasteiger partial charge in [0.05, 0.1) is 0 Å². The summed E-state index contributed by atoms with van der Waals surface area (Å²) in [7, 11) is -3.73. The number of hydrogen-bond acceptors (Lipinski definition) is 6. The van der Waals surface area contributed by atoms with Gasteiger partial charge in [-0.2, -0.15) is 0 Å². The average molecular weight is 397 g/mol. The Kier molecular flexibility index (Phi) is 7.67. The van der Waals surface area contributed by atoms with Gasteiger partial charge in [0.15, 0.2) is 0 Å². The Morgan fingerprint density at radius 1 is 1.19 bits per heavy atom. The van der Waals surface area contributed by atoms with E-state index in [-0.39, 0.29) is 15.4 Å². The summed E-state index contributed by atoms with van der Waals surface area (Å²) >= 11 is 0.835. The van der Waals surface area contributed by atoms with Crippen LogP contribution in [0.25, 0.3) is 0 Å². The first-order valence-corrected chi connectivity index (χ1v) is 11.0. The molecule has 26 heavy (non-hydrogen) atoms. The molecule has 0 radical (unpaired) electrons. The highest BCUT2D eigenvalue weighted by atomic mass is 32.2. The van der Waals surface area contributed by atoms with E-state index in [0.29, 0.717) is 18.0 Å². The maximum absolute atomic E-state index is 12.4. The first kappa shape index (κ1) is 20.5. The lowest BCUT2D eigenvalue weighted by atomic mass is 10.00. The van der Waals surface area contributed by atoms with Crippen molar-refractivity contribution in [2.24, 2.45) is 5.92 Å². The maximum Gasteiger partial charge on any atom is 0.269 e. The van der Waals surface area contributed by atoms with Crippen LogP contribution >= 0.6 is 11.3 Å². The molecule has 7 nitrogen and oxygen atoms in total. The van der Waals surface area contributed by atoms with Crippen molar-refractivity contribution in [3.05, 3.63) is 35.9 Å². The van der Waals surface area contributed by atoms with Gasteiger partial charge in [-0.15, -0.1) is 10.2 Å². The van der Waals surface area contributed by atoms with Gasteiger partial charge >= 0.3 is 0 Å². The van der Waals surface area contributed by atoms with Gasteiger partial charge in [-0.3, -0.25) is 10.1 Å². The van der Waals surface area contributed by atoms with Crippen molar-refractivity contribution in [1.29, 1.82) is 0 Å². The summed E-state index contributed by atoms with van der Waals surface area (Å²) in [5, 5.41) is 10.2. The molecule has 142 valence electrons. The van der Waals surface area contributed by atoms with E-state index in [1.807, 2.05) is 6.07 Å². The molecule has 1 atom stereocenters. The molecule has 0 aliphatic rings. The van der Waals surface area contributed by atoms with Crippen molar-refractivity contribution >= 4 is 32.4 Å². The number of carbonyl (C=O) groups is 1. The zero-order valence-corrected chi connectivity index (χ0v) is 16.6. The Balaban J connectivity index is 1.97. The molecular formula is C17H24N4O3S2. The highest BCUT2D eigenvalue weighted by Gasteiger charge is 2.22. The first-order chi connectivity index (χ1) is 12.5. The van der Waals surface area contributed by atoms with Crippen molar-refractivity contribution in [1.82, 2.24) is 14.9 Å². The quantitative estimate of drug-likeness (QED) is 0.600. The third kappa shape index (κ3) is 5.86. The minimum Gasteiger partial charge on any atom is -0.296 e. The van der Waals surface area contributed by atoms with E-state index in [1.54, 1.807) is 24.3 Å². The summed E-state index contributed by atoms with van der Waals surface area (Å²) in [5.74, 6) is -0.0563. The number of unbranched alkanes of at least 4 members (excludes halogenated alkanes) is 1. The average Bonchev–Trinajstić information content (AvgIpc) is 3.12. The van der Waals surface area contributed by atoms with Gasteiger partial charge in [-0.1, -0.05) is 62.6 Å². The van der Waals surface area contributed by atoms with Crippen LogP contribution in [0.3, 0.4) is 0 Å². The second-order valence-corrected chi connectivity index (χ2v) is 8.88. The number of rotatable bonds is 10. The number of carbonyl (C=O) groups excluding carboxylic acids is 1. The van der Waals surface area contributed by atoms with Crippen molar-refractivity contribution < 1.29 is 13.2 Å². The number of anilines is 1. The maximum atomic E-state index is 12.4. The molecule has 9 heteroatoms. The molecule has 1 aromatic heterocycles. The lowest BCUT2D eigenvalue weighted by Gasteiger charge is -2.14. The van der Waals surface area contributed by atoms with Gasteiger partial charge in [-0.25, -0.2) is 13.1 Å². The largest absolute Gasteiger partial charge is 0.296 e. The molecule has 2 N–H and O–H groups in total. The number of nitrogens with one attached hydrogen (secondary N) is 2. The fourth-order valence-corrected chi connectivity index (χ4v) is 4.41. The number of sulfonamides is 1. The summed E-state index contributed by atoms with van der Waals surface area (Å²) < 4.78 is 27.2. The van der Waals surface area contributed by atoms with Gasteiger partial charge in [0.1, 0.15) is 0 Å². The summed E-state index contributed by atoms with van der Waals surface area (Å²) in [6, 6.07) is 8.63. The molecular weight excluding hydrogens is 372 g/mol. The van der Waals surface area contributed by atoms with Crippen LogP contribution in [-0.2, 0) is 10.0 Å². The molecule has 0 aliphatic carbocycles. The van der Waals surface area contributed by atoms with Crippen molar-refractivity contribution in [3.63, 3.8) is 0 Å². The molecule has 1 aromatic carbocycles. The third-order valence-electron chi connectivity index (χ3n) is 4.00. The fraction of sp³-hybridized carbons (Fsp3) is 0.471. The molecule has 0 aliphatic heterocycles. The number of amides is 1. The molecule has 0 saturated carbocycles. The minimum atomic E-state index is -3.73. The lowest BCUT2D eigenvalue weighted by molar-refractivity contribution is 0.102. The van der Waals surface area contributed by atoms with Gasteiger partial charge in [0.2, 0.25) is 9.47 Å². The zero-order valence-electron chi connectivity index (χ0n) is 14.9. The second-order valence-electron chi connectivity index (χ2n) is 5.96. The topological polar surface area (TPSA) is 101 Å². The molecule has 2 rings (SSSR count). The van der Waals surface area contributed by atoms with Crippen molar-refractivity contribution in [3.8, 4) is 0 Å². The van der Waals surface area contributed by atoms with Crippen LogP contribution in [0.1, 0.15) is 49.9 Å². The van der Waals surface area contributed by atoms with E-state index in [9.17, 15) is 13.2 Å². The summed E-state index contributed by atoms with van der Waals surface area (Å²) in [6.07, 6.45) is 4.07. The van der Waals surface area contributed by atoms with E-state index in [4.69, 9.17) is 0 Å². The molecule has 0 spiro atoms. The minimum absolute atomic E-state index is 0.147. The third-order valence-corrected chi connectivity index (χ3v) is 6.63. The number of nitrogens with zero attached hydrogens (tertiary/aromatic N) is 2. The van der Waals surface area contributed by atoms with Crippen LogP contribution < -0.4 is 10.0 Å². The van der Waals surface area contributed by atoms with Gasteiger partial charge in [-0.05, 0) is 24.5 Å². The summed E-state index contributed by atoms with van der Waals surface area (Å²) in [6.45, 7) is 4.55. The van der Waals surface area contributed by atoms with Crippen LogP contribution in [0.4, 0.5) is 5.13 Å². The monoisotopic (exact) mass is 396 g/mol. The molecule has 0 saturated heterocycles. The molecule has 0 bridgehead atoms. The fourth-order valence-electron chi connectivity index (χ4n) is 2.36. The Labute approximate surface area is 158 Å². The van der Waals surface area contributed by atoms with Crippen molar-refractivity contribution in [2.45, 2.75) is 43.9 Å². The molecule has 0 fully saturated rings. The number of benzene rings is 1. The van der Waals surface area contributed by atoms with Crippen LogP contribution in [0, 0.1) is 5.92 Å². The lowest BCUT2D eigenvalue weighted by Crippen LogP contribution is -2.29. The predicted molar refractivity (Wildman–Crippen MR) is 103 cm³/mol. The van der Waals surface area contributed by atoms with Crippen LogP contribution in [0.15, 0.2) is 34.7 Å². The van der Waals surface area contributed by atoms with E-state index in [0.717, 1.165) is 37.0 Å². The number of aromatic nitrogens is 2. The van der Waals surface area contributed by atoms with Crippen LogP contribution in [-0.4, -0.2) is 31.1 Å². The highest BCUT2D eigenvalue weighted by molar-refractivity contribution is 7.91. The predicted octanol–water partition coefficient (Wildman–Crippen LogP) is 3.29. The van der Waals surface area contributed by atoms with E-state index >= 15 is 0 Å². The Bertz CT molecular complexity index is 806. The summed E-state index contributed by atoms with van der Waals surface area (Å²) in [5.41, 5.74) is 0.465. The molecule has 0 unspecified atom stereocenters. The SMILES string of the molecule is CCCC[C@@H](CC)CNS(=O)(=O)c1nnc(NC(=O)c2ccccc2)s1. The van der Waals surface area contributed by atoms with Gasteiger partial charge in [0, 0.05) is 12.1 Å². The van der Waals surface area contributed by atoms with E-state index in [2.05, 4.69) is 34.1 Å². The smallest absolute Gasteiger partial charge is 0.269 e. The van der Waals surface area contributed by atoms with Gasteiger partial charge in [0.25, 0.3) is 15.9 Å². The van der Waals surface area contributed by atoms with Crippen LogP contribution in [0.2, 0.25) is 0 Å². The van der Waals surface area contributed by atoms with E-state index in [1.165, 1.54) is 0 Å². The molecule has 1 amide bonds. The zero-order chi connectivity index (χ0) is 19.0.